The Morgan fingerprint density at radius 2 is 1.95 bits per heavy atom. The summed E-state index contributed by atoms with van der Waals surface area (Å²) in [6.07, 6.45) is 0. The van der Waals surface area contributed by atoms with E-state index in [0.717, 1.165) is 10.4 Å². The van der Waals surface area contributed by atoms with Crippen molar-refractivity contribution in [2.75, 3.05) is 0 Å². The number of hydrogen-bond acceptors (Lipinski definition) is 3. The standard InChI is InChI=1S/C17H12Cl2O2S/c1-10-12-4-2-3-5-15(12)22-16(10)9-21-17(20)13-7-6-11(18)8-14(13)19/h2-8H,9H2,1H3. The van der Waals surface area contributed by atoms with Crippen molar-refractivity contribution >= 4 is 50.6 Å². The third kappa shape index (κ3) is 2.98. The van der Waals surface area contributed by atoms with Crippen LogP contribution in [0, 0.1) is 6.92 Å². The molecule has 0 radical (unpaired) electrons. The monoisotopic (exact) mass is 350 g/mol. The van der Waals surface area contributed by atoms with E-state index < -0.39 is 5.97 Å². The summed E-state index contributed by atoms with van der Waals surface area (Å²) in [6.45, 7) is 2.28. The molecule has 2 aromatic carbocycles. The van der Waals surface area contributed by atoms with E-state index >= 15 is 0 Å². The number of rotatable bonds is 3. The van der Waals surface area contributed by atoms with Crippen molar-refractivity contribution < 1.29 is 9.53 Å². The van der Waals surface area contributed by atoms with Gasteiger partial charge in [-0.25, -0.2) is 4.79 Å². The smallest absolute Gasteiger partial charge is 0.340 e. The highest BCUT2D eigenvalue weighted by molar-refractivity contribution is 7.19. The van der Waals surface area contributed by atoms with E-state index in [1.807, 2.05) is 19.1 Å². The van der Waals surface area contributed by atoms with Crippen molar-refractivity contribution in [3.63, 3.8) is 0 Å². The van der Waals surface area contributed by atoms with Gasteiger partial charge in [0.2, 0.25) is 0 Å². The molecule has 0 spiro atoms. The van der Waals surface area contributed by atoms with E-state index in [-0.39, 0.29) is 6.61 Å². The molecule has 0 atom stereocenters. The first-order chi connectivity index (χ1) is 10.6. The van der Waals surface area contributed by atoms with Crippen molar-refractivity contribution in [2.45, 2.75) is 13.5 Å². The Kier molecular flexibility index (Phi) is 4.39. The molecule has 2 nitrogen and oxygen atoms in total. The molecule has 0 aliphatic rings. The number of hydrogen-bond donors (Lipinski definition) is 0. The average Bonchev–Trinajstić information content (AvgIpc) is 2.82. The van der Waals surface area contributed by atoms with Gasteiger partial charge in [-0.2, -0.15) is 0 Å². The maximum atomic E-state index is 12.1. The van der Waals surface area contributed by atoms with E-state index in [2.05, 4.69) is 12.1 Å². The molecule has 3 rings (SSSR count). The molecule has 0 N–H and O–H groups in total. The first-order valence-electron chi connectivity index (χ1n) is 6.65. The van der Waals surface area contributed by atoms with Crippen LogP contribution in [0.5, 0.6) is 0 Å². The van der Waals surface area contributed by atoms with Crippen LogP contribution in [0.4, 0.5) is 0 Å². The quantitative estimate of drug-likeness (QED) is 0.551. The van der Waals surface area contributed by atoms with E-state index in [1.54, 1.807) is 23.5 Å². The van der Waals surface area contributed by atoms with Gasteiger partial charge >= 0.3 is 5.97 Å². The first kappa shape index (κ1) is 15.3. The summed E-state index contributed by atoms with van der Waals surface area (Å²) in [5.41, 5.74) is 1.47. The molecular weight excluding hydrogens is 339 g/mol. The second kappa shape index (κ2) is 6.29. The second-order valence-corrected chi connectivity index (χ2v) is 6.83. The number of esters is 1. The minimum atomic E-state index is -0.446. The predicted octanol–water partition coefficient (Wildman–Crippen LogP) is 5.87. The van der Waals surface area contributed by atoms with Crippen LogP contribution in [0.1, 0.15) is 20.8 Å². The molecule has 3 aromatic rings. The highest BCUT2D eigenvalue weighted by Gasteiger charge is 2.14. The van der Waals surface area contributed by atoms with Crippen molar-refractivity contribution in [3.8, 4) is 0 Å². The fourth-order valence-electron chi connectivity index (χ4n) is 2.23. The molecule has 5 heteroatoms. The van der Waals surface area contributed by atoms with Gasteiger partial charge in [-0.1, -0.05) is 41.4 Å². The fourth-order valence-corrected chi connectivity index (χ4v) is 3.84. The van der Waals surface area contributed by atoms with Gasteiger partial charge in [0.25, 0.3) is 0 Å². The highest BCUT2D eigenvalue weighted by Crippen LogP contribution is 2.31. The summed E-state index contributed by atoms with van der Waals surface area (Å²) < 4.78 is 6.58. The zero-order valence-electron chi connectivity index (χ0n) is 11.7. The van der Waals surface area contributed by atoms with Crippen LogP contribution in [0.25, 0.3) is 10.1 Å². The third-order valence-corrected chi connectivity index (χ3v) is 5.22. The summed E-state index contributed by atoms with van der Waals surface area (Å²) in [7, 11) is 0. The molecule has 0 saturated heterocycles. The van der Waals surface area contributed by atoms with Crippen molar-refractivity contribution in [1.29, 1.82) is 0 Å². The highest BCUT2D eigenvalue weighted by atomic mass is 35.5. The van der Waals surface area contributed by atoms with Crippen molar-refractivity contribution in [1.82, 2.24) is 0 Å². The SMILES string of the molecule is Cc1c(COC(=O)c2ccc(Cl)cc2Cl)sc2ccccc12. The lowest BCUT2D eigenvalue weighted by Crippen LogP contribution is -2.05. The van der Waals surface area contributed by atoms with E-state index in [4.69, 9.17) is 27.9 Å². The number of aryl methyl sites for hydroxylation is 1. The van der Waals surface area contributed by atoms with E-state index in [0.29, 0.717) is 15.6 Å². The second-order valence-electron chi connectivity index (χ2n) is 4.85. The van der Waals surface area contributed by atoms with E-state index in [9.17, 15) is 4.79 Å². The van der Waals surface area contributed by atoms with Crippen LogP contribution < -0.4 is 0 Å². The maximum absolute atomic E-state index is 12.1. The van der Waals surface area contributed by atoms with E-state index in [1.165, 1.54) is 16.2 Å². The number of carbonyl (C=O) groups excluding carboxylic acids is 1. The van der Waals surface area contributed by atoms with Crippen LogP contribution in [-0.2, 0) is 11.3 Å². The summed E-state index contributed by atoms with van der Waals surface area (Å²) in [5.74, 6) is -0.446. The Bertz CT molecular complexity index is 855. The average molecular weight is 351 g/mol. The van der Waals surface area contributed by atoms with Gasteiger partial charge < -0.3 is 4.74 Å². The minimum absolute atomic E-state index is 0.239. The largest absolute Gasteiger partial charge is 0.456 e. The molecular formula is C17H12Cl2O2S. The van der Waals surface area contributed by atoms with Gasteiger partial charge in [-0.3, -0.25) is 0 Å². The van der Waals surface area contributed by atoms with Gasteiger partial charge in [0.05, 0.1) is 10.6 Å². The first-order valence-corrected chi connectivity index (χ1v) is 8.22. The van der Waals surface area contributed by atoms with Gasteiger partial charge in [0.1, 0.15) is 6.61 Å². The normalized spacial score (nSPS) is 10.9. The minimum Gasteiger partial charge on any atom is -0.456 e. The molecule has 0 aliphatic carbocycles. The Balaban J connectivity index is 1.79. The Hall–Kier alpha value is -1.55. The summed E-state index contributed by atoms with van der Waals surface area (Å²) >= 11 is 13.5. The lowest BCUT2D eigenvalue weighted by atomic mass is 10.1. The third-order valence-electron chi connectivity index (χ3n) is 3.43. The van der Waals surface area contributed by atoms with Crippen LogP contribution in [0.2, 0.25) is 10.0 Å². The summed E-state index contributed by atoms with van der Waals surface area (Å²) in [4.78, 5) is 13.2. The molecule has 112 valence electrons. The Morgan fingerprint density at radius 1 is 1.18 bits per heavy atom. The molecule has 1 heterocycles. The molecule has 22 heavy (non-hydrogen) atoms. The van der Waals surface area contributed by atoms with Gasteiger partial charge in [-0.15, -0.1) is 11.3 Å². The molecule has 0 fully saturated rings. The van der Waals surface area contributed by atoms with Crippen molar-refractivity contribution in [3.05, 3.63) is 68.5 Å². The number of fused-ring (bicyclic) bond motifs is 1. The van der Waals surface area contributed by atoms with Crippen LogP contribution in [0.15, 0.2) is 42.5 Å². The van der Waals surface area contributed by atoms with Crippen LogP contribution in [-0.4, -0.2) is 5.97 Å². The zero-order valence-corrected chi connectivity index (χ0v) is 14.1. The summed E-state index contributed by atoms with van der Waals surface area (Å²) in [5, 5.41) is 1.98. The number of halogens is 2. The number of thiophene rings is 1. The lowest BCUT2D eigenvalue weighted by molar-refractivity contribution is 0.0476. The zero-order chi connectivity index (χ0) is 15.7. The lowest BCUT2D eigenvalue weighted by Gasteiger charge is -2.06. The van der Waals surface area contributed by atoms with Crippen LogP contribution >= 0.6 is 34.5 Å². The number of benzene rings is 2. The maximum Gasteiger partial charge on any atom is 0.340 e. The topological polar surface area (TPSA) is 26.3 Å². The molecule has 0 amide bonds. The summed E-state index contributed by atoms with van der Waals surface area (Å²) in [6, 6.07) is 12.9. The Morgan fingerprint density at radius 3 is 2.68 bits per heavy atom. The van der Waals surface area contributed by atoms with Gasteiger partial charge in [0, 0.05) is 14.6 Å². The molecule has 0 saturated carbocycles. The van der Waals surface area contributed by atoms with Gasteiger partial charge in [0.15, 0.2) is 0 Å². The molecule has 0 aliphatic heterocycles. The number of carbonyl (C=O) groups is 1. The predicted molar refractivity (Wildman–Crippen MR) is 92.1 cm³/mol. The van der Waals surface area contributed by atoms with Gasteiger partial charge in [-0.05, 0) is 42.1 Å². The molecule has 0 unspecified atom stereocenters. The Labute approximate surface area is 142 Å². The molecule has 1 aromatic heterocycles. The van der Waals surface area contributed by atoms with Crippen molar-refractivity contribution in [2.24, 2.45) is 0 Å². The fraction of sp³-hybridized carbons (Fsp3) is 0.118. The number of ether oxygens (including phenoxy) is 1. The molecule has 0 bridgehead atoms. The van der Waals surface area contributed by atoms with Crippen LogP contribution in [0.3, 0.4) is 0 Å².